The van der Waals surface area contributed by atoms with Gasteiger partial charge in [-0.3, -0.25) is 4.98 Å². The molecule has 1 N–H and O–H groups in total. The van der Waals surface area contributed by atoms with Crippen LogP contribution >= 0.6 is 12.2 Å². The first kappa shape index (κ1) is 21.0. The van der Waals surface area contributed by atoms with E-state index in [1.807, 2.05) is 12.3 Å². The molecule has 166 valence electrons. The van der Waals surface area contributed by atoms with Crippen LogP contribution in [-0.2, 0) is 4.74 Å². The second-order valence-electron chi connectivity index (χ2n) is 9.40. The molecule has 5 rings (SSSR count). The second-order valence-corrected chi connectivity index (χ2v) is 9.79. The Hall–Kier alpha value is -1.92. The van der Waals surface area contributed by atoms with Gasteiger partial charge in [-0.15, -0.1) is 0 Å². The lowest BCUT2D eigenvalue weighted by atomic mass is 9.94. The van der Waals surface area contributed by atoms with Crippen molar-refractivity contribution >= 4 is 17.3 Å². The molecule has 2 aromatic rings. The number of nitrogens with zero attached hydrogens (tertiary/aromatic N) is 3. The lowest BCUT2D eigenvalue weighted by molar-refractivity contribution is 0.0841. The van der Waals surface area contributed by atoms with Crippen LogP contribution in [0.5, 0.6) is 0 Å². The van der Waals surface area contributed by atoms with Crippen LogP contribution in [0.1, 0.15) is 85.7 Å². The van der Waals surface area contributed by atoms with Gasteiger partial charge in [-0.1, -0.05) is 25.3 Å². The van der Waals surface area contributed by atoms with Gasteiger partial charge >= 0.3 is 0 Å². The van der Waals surface area contributed by atoms with Crippen molar-refractivity contribution in [1.82, 2.24) is 19.8 Å². The van der Waals surface area contributed by atoms with Gasteiger partial charge in [0.1, 0.15) is 0 Å². The highest BCUT2D eigenvalue weighted by molar-refractivity contribution is 7.80. The molecular weight excluding hydrogens is 404 g/mol. The van der Waals surface area contributed by atoms with Crippen molar-refractivity contribution in [2.24, 2.45) is 0 Å². The Kier molecular flexibility index (Phi) is 6.02. The zero-order valence-electron chi connectivity index (χ0n) is 18.7. The number of hydrogen-bond acceptors (Lipinski definition) is 3. The largest absolute Gasteiger partial charge is 0.376 e. The number of pyridine rings is 1. The molecule has 3 aliphatic rings. The molecule has 0 radical (unpaired) electrons. The minimum absolute atomic E-state index is 0.0513. The molecule has 5 nitrogen and oxygen atoms in total. The van der Waals surface area contributed by atoms with E-state index in [1.165, 1.54) is 49.1 Å². The van der Waals surface area contributed by atoms with Crippen LogP contribution in [-0.4, -0.2) is 38.8 Å². The Bertz CT molecular complexity index is 915. The minimum atomic E-state index is 0.0513. The summed E-state index contributed by atoms with van der Waals surface area (Å²) in [4.78, 5) is 7.07. The SMILES string of the molecule is Cc1cc([C@@H]2[C@@H](c3ccccn3)NC(=S)N2C[C@@H]2CCCO2)c(C)n1C1CCCCC1. The molecule has 1 aliphatic carbocycles. The molecule has 3 atom stereocenters. The Morgan fingerprint density at radius 1 is 1.13 bits per heavy atom. The maximum atomic E-state index is 5.99. The topological polar surface area (TPSA) is 42.3 Å². The van der Waals surface area contributed by atoms with Crippen molar-refractivity contribution in [3.8, 4) is 0 Å². The highest BCUT2D eigenvalue weighted by Gasteiger charge is 2.42. The molecule has 3 fully saturated rings. The van der Waals surface area contributed by atoms with Crippen LogP contribution in [0.15, 0.2) is 30.5 Å². The third-order valence-corrected chi connectivity index (χ3v) is 7.76. The fourth-order valence-corrected chi connectivity index (χ4v) is 6.27. The first-order valence-corrected chi connectivity index (χ1v) is 12.3. The van der Waals surface area contributed by atoms with Gasteiger partial charge in [0.2, 0.25) is 0 Å². The zero-order chi connectivity index (χ0) is 21.4. The summed E-state index contributed by atoms with van der Waals surface area (Å²) in [6, 6.07) is 9.38. The van der Waals surface area contributed by atoms with E-state index in [4.69, 9.17) is 21.9 Å². The zero-order valence-corrected chi connectivity index (χ0v) is 19.5. The minimum Gasteiger partial charge on any atom is -0.376 e. The Labute approximate surface area is 191 Å². The van der Waals surface area contributed by atoms with Gasteiger partial charge in [0.05, 0.1) is 23.9 Å². The van der Waals surface area contributed by atoms with Crippen molar-refractivity contribution in [3.63, 3.8) is 0 Å². The van der Waals surface area contributed by atoms with E-state index >= 15 is 0 Å². The monoisotopic (exact) mass is 438 g/mol. The molecule has 0 aromatic carbocycles. The smallest absolute Gasteiger partial charge is 0.170 e. The van der Waals surface area contributed by atoms with Crippen LogP contribution in [0, 0.1) is 13.8 Å². The van der Waals surface area contributed by atoms with Gasteiger partial charge in [-0.25, -0.2) is 0 Å². The van der Waals surface area contributed by atoms with Crippen molar-refractivity contribution < 1.29 is 4.74 Å². The molecule has 2 aliphatic heterocycles. The Morgan fingerprint density at radius 2 is 1.97 bits per heavy atom. The third-order valence-electron chi connectivity index (χ3n) is 7.40. The van der Waals surface area contributed by atoms with E-state index in [2.05, 4.69) is 46.8 Å². The molecule has 6 heteroatoms. The van der Waals surface area contributed by atoms with E-state index in [1.54, 1.807) is 0 Å². The number of rotatable bonds is 5. The Morgan fingerprint density at radius 3 is 2.68 bits per heavy atom. The quantitative estimate of drug-likeness (QED) is 0.654. The van der Waals surface area contributed by atoms with Gasteiger partial charge in [-0.05, 0) is 75.5 Å². The lowest BCUT2D eigenvalue weighted by Crippen LogP contribution is -2.36. The highest BCUT2D eigenvalue weighted by atomic mass is 32.1. The summed E-state index contributed by atoms with van der Waals surface area (Å²) in [5.74, 6) is 0. The summed E-state index contributed by atoms with van der Waals surface area (Å²) < 4.78 is 8.60. The number of ether oxygens (including phenoxy) is 1. The number of nitrogens with one attached hydrogen (secondary N) is 1. The molecule has 31 heavy (non-hydrogen) atoms. The summed E-state index contributed by atoms with van der Waals surface area (Å²) in [5, 5.41) is 4.43. The van der Waals surface area contributed by atoms with Crippen molar-refractivity contribution in [2.75, 3.05) is 13.2 Å². The van der Waals surface area contributed by atoms with Crippen molar-refractivity contribution in [1.29, 1.82) is 0 Å². The summed E-state index contributed by atoms with van der Waals surface area (Å²) >= 11 is 5.86. The standard InChI is InChI=1S/C25H34N4OS/c1-17-15-21(18(2)29(17)19-9-4-3-5-10-19)24-23(22-12-6-7-13-26-22)27-25(31)28(24)16-20-11-8-14-30-20/h6-7,12-13,15,19-20,23-24H,3-5,8-11,14,16H2,1-2H3,(H,27,31)/t20-,23+,24+/m0/s1. The van der Waals surface area contributed by atoms with Crippen LogP contribution in [0.2, 0.25) is 0 Å². The maximum absolute atomic E-state index is 5.99. The normalized spacial score (nSPS) is 27.1. The van der Waals surface area contributed by atoms with Crippen LogP contribution in [0.4, 0.5) is 0 Å². The first-order chi connectivity index (χ1) is 15.1. The highest BCUT2D eigenvalue weighted by Crippen LogP contribution is 2.43. The van der Waals surface area contributed by atoms with E-state index < -0.39 is 0 Å². The van der Waals surface area contributed by atoms with Gasteiger partial charge in [0.25, 0.3) is 0 Å². The van der Waals surface area contributed by atoms with Gasteiger partial charge in [-0.2, -0.15) is 0 Å². The number of aryl methyl sites for hydroxylation is 1. The third kappa shape index (κ3) is 4.00. The summed E-state index contributed by atoms with van der Waals surface area (Å²) in [5.41, 5.74) is 5.18. The molecular formula is C25H34N4OS. The van der Waals surface area contributed by atoms with E-state index in [9.17, 15) is 0 Å². The molecule has 0 amide bonds. The molecule has 4 heterocycles. The molecule has 0 bridgehead atoms. The molecule has 0 unspecified atom stereocenters. The van der Waals surface area contributed by atoms with Crippen molar-refractivity contribution in [2.45, 2.75) is 83.0 Å². The van der Waals surface area contributed by atoms with Gasteiger partial charge < -0.3 is 19.5 Å². The number of hydrogen-bond donors (Lipinski definition) is 1. The van der Waals surface area contributed by atoms with E-state index in [-0.39, 0.29) is 18.2 Å². The maximum Gasteiger partial charge on any atom is 0.170 e. The Balaban J connectivity index is 1.54. The summed E-state index contributed by atoms with van der Waals surface area (Å²) in [6.45, 7) is 6.28. The van der Waals surface area contributed by atoms with E-state index in [0.717, 1.165) is 36.8 Å². The van der Waals surface area contributed by atoms with Gasteiger partial charge in [0.15, 0.2) is 5.11 Å². The fourth-order valence-electron chi connectivity index (χ4n) is 5.95. The predicted octanol–water partition coefficient (Wildman–Crippen LogP) is 5.16. The lowest BCUT2D eigenvalue weighted by Gasteiger charge is -2.31. The van der Waals surface area contributed by atoms with Crippen LogP contribution in [0.25, 0.3) is 0 Å². The average molecular weight is 439 g/mol. The van der Waals surface area contributed by atoms with Crippen molar-refractivity contribution in [3.05, 3.63) is 53.1 Å². The van der Waals surface area contributed by atoms with Crippen LogP contribution in [0.3, 0.4) is 0 Å². The van der Waals surface area contributed by atoms with E-state index in [0.29, 0.717) is 6.04 Å². The molecule has 2 aromatic heterocycles. The van der Waals surface area contributed by atoms with Crippen LogP contribution < -0.4 is 5.32 Å². The molecule has 0 spiro atoms. The predicted molar refractivity (Wildman–Crippen MR) is 127 cm³/mol. The second kappa shape index (κ2) is 8.91. The first-order valence-electron chi connectivity index (χ1n) is 11.9. The summed E-state index contributed by atoms with van der Waals surface area (Å²) in [7, 11) is 0. The fraction of sp³-hybridized carbons (Fsp3) is 0.600. The average Bonchev–Trinajstić information content (AvgIpc) is 3.49. The number of aromatic nitrogens is 2. The molecule has 2 saturated heterocycles. The summed E-state index contributed by atoms with van der Waals surface area (Å²) in [6.07, 6.45) is 11.0. The van der Waals surface area contributed by atoms with Gasteiger partial charge in [0, 0.05) is 36.8 Å². The number of thiocarbonyl (C=S) groups is 1. The molecule has 1 saturated carbocycles.